The van der Waals surface area contributed by atoms with Gasteiger partial charge in [-0.3, -0.25) is 0 Å². The van der Waals surface area contributed by atoms with Crippen LogP contribution in [-0.4, -0.2) is 0 Å². The van der Waals surface area contributed by atoms with Crippen LogP contribution < -0.4 is 0 Å². The third-order valence-corrected chi connectivity index (χ3v) is 3.81. The second kappa shape index (κ2) is 8.48. The summed E-state index contributed by atoms with van der Waals surface area (Å²) in [6, 6.07) is 5.94. The predicted octanol–water partition coefficient (Wildman–Crippen LogP) is 5.71. The molecule has 0 aromatic heterocycles. The highest BCUT2D eigenvalue weighted by atomic mass is 19.1. The fraction of sp³-hybridized carbons (Fsp3) is 0.250. The van der Waals surface area contributed by atoms with E-state index in [1.807, 2.05) is 13.0 Å². The highest BCUT2D eigenvalue weighted by Gasteiger charge is 2.14. The van der Waals surface area contributed by atoms with Crippen molar-refractivity contribution < 1.29 is 17.6 Å². The normalized spacial score (nSPS) is 11.0. The lowest BCUT2D eigenvalue weighted by molar-refractivity contribution is 0.552. The van der Waals surface area contributed by atoms with Crippen molar-refractivity contribution in [3.63, 3.8) is 0 Å². The molecular weight excluding hydrogens is 330 g/mol. The van der Waals surface area contributed by atoms with Crippen molar-refractivity contribution in [1.82, 2.24) is 0 Å². The molecule has 0 heterocycles. The molecule has 0 unspecified atom stereocenters. The second-order valence-corrected chi connectivity index (χ2v) is 5.70. The zero-order valence-corrected chi connectivity index (χ0v) is 13.8. The van der Waals surface area contributed by atoms with Crippen molar-refractivity contribution in [1.29, 1.82) is 5.26 Å². The maximum absolute atomic E-state index is 14.1. The molecule has 25 heavy (non-hydrogen) atoms. The van der Waals surface area contributed by atoms with Gasteiger partial charge >= 0.3 is 0 Å². The molecular formula is C20H17F4N. The van der Waals surface area contributed by atoms with Crippen LogP contribution in [0.5, 0.6) is 0 Å². The van der Waals surface area contributed by atoms with Gasteiger partial charge in [0.15, 0.2) is 0 Å². The topological polar surface area (TPSA) is 23.8 Å². The van der Waals surface area contributed by atoms with Crippen LogP contribution in [0.2, 0.25) is 0 Å². The molecule has 1 nitrogen and oxygen atoms in total. The molecule has 2 aromatic carbocycles. The highest BCUT2D eigenvalue weighted by molar-refractivity contribution is 5.50. The fourth-order valence-corrected chi connectivity index (χ4v) is 2.49. The maximum Gasteiger partial charge on any atom is 0.144 e. The first-order chi connectivity index (χ1) is 12.0. The summed E-state index contributed by atoms with van der Waals surface area (Å²) in [5.41, 5.74) is -0.121. The van der Waals surface area contributed by atoms with Gasteiger partial charge < -0.3 is 0 Å². The van der Waals surface area contributed by atoms with Crippen molar-refractivity contribution in [2.45, 2.75) is 32.6 Å². The molecule has 2 rings (SSSR count). The molecule has 0 saturated carbocycles. The van der Waals surface area contributed by atoms with Crippen LogP contribution in [-0.2, 0) is 12.8 Å². The minimum absolute atomic E-state index is 0.0403. The van der Waals surface area contributed by atoms with Crippen molar-refractivity contribution in [3.05, 3.63) is 75.9 Å². The molecule has 0 spiro atoms. The van der Waals surface area contributed by atoms with Gasteiger partial charge in [0, 0.05) is 5.56 Å². The molecule has 0 radical (unpaired) electrons. The minimum atomic E-state index is -0.977. The number of aryl methyl sites for hydroxylation is 1. The number of nitriles is 1. The third kappa shape index (κ3) is 4.69. The number of benzene rings is 2. The molecule has 5 heteroatoms. The number of nitrogens with zero attached hydrogens (tertiary/aromatic N) is 1. The first-order valence-corrected chi connectivity index (χ1v) is 7.98. The molecule has 0 aliphatic heterocycles. The highest BCUT2D eigenvalue weighted by Crippen LogP contribution is 2.21. The van der Waals surface area contributed by atoms with Crippen LogP contribution >= 0.6 is 0 Å². The van der Waals surface area contributed by atoms with Crippen molar-refractivity contribution >= 4 is 6.08 Å². The van der Waals surface area contributed by atoms with Gasteiger partial charge in [-0.05, 0) is 54.7 Å². The molecule has 0 aliphatic rings. The van der Waals surface area contributed by atoms with Crippen LogP contribution in [0.25, 0.3) is 6.08 Å². The van der Waals surface area contributed by atoms with E-state index in [-0.39, 0.29) is 24.0 Å². The Labute approximate surface area is 144 Å². The summed E-state index contributed by atoms with van der Waals surface area (Å²) in [6.07, 6.45) is 5.28. The van der Waals surface area contributed by atoms with Crippen molar-refractivity contribution in [2.24, 2.45) is 0 Å². The van der Waals surface area contributed by atoms with E-state index in [9.17, 15) is 17.6 Å². The van der Waals surface area contributed by atoms with E-state index in [1.165, 1.54) is 18.2 Å². The number of hydrogen-bond donors (Lipinski definition) is 0. The molecule has 0 bridgehead atoms. The Bertz CT molecular complexity index is 788. The summed E-state index contributed by atoms with van der Waals surface area (Å²) in [4.78, 5) is 0. The van der Waals surface area contributed by atoms with E-state index in [0.29, 0.717) is 5.56 Å². The summed E-state index contributed by atoms with van der Waals surface area (Å²) in [7, 11) is 0. The standard InChI is InChI=1S/C20H17F4N/c1-2-3-4-5-13-8-17(21)15(18(22)9-13)7-6-14-10-19(23)16(12-25)20(24)11-14/h4-5,8-11H,2-3,6-7H2,1H3. The van der Waals surface area contributed by atoms with Gasteiger partial charge in [0.2, 0.25) is 0 Å². The minimum Gasteiger partial charge on any atom is -0.207 e. The Kier molecular flexibility index (Phi) is 6.35. The zero-order valence-electron chi connectivity index (χ0n) is 13.8. The molecule has 130 valence electrons. The summed E-state index contributed by atoms with van der Waals surface area (Å²) in [6.45, 7) is 2.00. The van der Waals surface area contributed by atoms with Crippen molar-refractivity contribution in [2.75, 3.05) is 0 Å². The smallest absolute Gasteiger partial charge is 0.144 e. The zero-order chi connectivity index (χ0) is 18.4. The molecule has 0 saturated heterocycles. The maximum atomic E-state index is 14.1. The number of allylic oxidation sites excluding steroid dienone is 1. The second-order valence-electron chi connectivity index (χ2n) is 5.70. The summed E-state index contributed by atoms with van der Waals surface area (Å²) in [5, 5.41) is 8.64. The van der Waals surface area contributed by atoms with E-state index in [1.54, 1.807) is 6.08 Å². The van der Waals surface area contributed by atoms with Gasteiger partial charge in [-0.15, -0.1) is 0 Å². The SMILES string of the molecule is CCCC=Cc1cc(F)c(CCc2cc(F)c(C#N)c(F)c2)c(F)c1. The lowest BCUT2D eigenvalue weighted by Crippen LogP contribution is -2.01. The van der Waals surface area contributed by atoms with Crippen LogP contribution in [0.15, 0.2) is 30.3 Å². The first kappa shape index (κ1) is 18.7. The Balaban J connectivity index is 2.17. The largest absolute Gasteiger partial charge is 0.207 e. The predicted molar refractivity (Wildman–Crippen MR) is 88.8 cm³/mol. The Morgan fingerprint density at radius 3 is 2.04 bits per heavy atom. The quantitative estimate of drug-likeness (QED) is 0.614. The number of hydrogen-bond acceptors (Lipinski definition) is 1. The van der Waals surface area contributed by atoms with E-state index in [2.05, 4.69) is 0 Å². The molecule has 0 N–H and O–H groups in total. The fourth-order valence-electron chi connectivity index (χ4n) is 2.49. The summed E-state index contributed by atoms with van der Waals surface area (Å²) in [5.74, 6) is -3.33. The van der Waals surface area contributed by atoms with E-state index in [4.69, 9.17) is 5.26 Å². The van der Waals surface area contributed by atoms with Crippen LogP contribution in [0.1, 0.15) is 42.0 Å². The van der Waals surface area contributed by atoms with Gasteiger partial charge in [0.1, 0.15) is 34.9 Å². The molecule has 0 atom stereocenters. The van der Waals surface area contributed by atoms with Gasteiger partial charge in [0.05, 0.1) is 0 Å². The van der Waals surface area contributed by atoms with E-state index >= 15 is 0 Å². The van der Waals surface area contributed by atoms with Gasteiger partial charge in [-0.1, -0.05) is 25.5 Å². The molecule has 2 aromatic rings. The average Bonchev–Trinajstić information content (AvgIpc) is 2.54. The number of unbranched alkanes of at least 4 members (excludes halogenated alkanes) is 1. The first-order valence-electron chi connectivity index (χ1n) is 7.98. The monoisotopic (exact) mass is 347 g/mol. The lowest BCUT2D eigenvalue weighted by Gasteiger charge is -2.08. The summed E-state index contributed by atoms with van der Waals surface area (Å²) < 4.78 is 55.4. The summed E-state index contributed by atoms with van der Waals surface area (Å²) >= 11 is 0. The van der Waals surface area contributed by atoms with Crippen LogP contribution in [0.3, 0.4) is 0 Å². The van der Waals surface area contributed by atoms with Crippen LogP contribution in [0.4, 0.5) is 17.6 Å². The van der Waals surface area contributed by atoms with E-state index < -0.39 is 28.8 Å². The van der Waals surface area contributed by atoms with Crippen molar-refractivity contribution in [3.8, 4) is 6.07 Å². The van der Waals surface area contributed by atoms with E-state index in [0.717, 1.165) is 25.0 Å². The van der Waals surface area contributed by atoms with Gasteiger partial charge in [-0.25, -0.2) is 17.6 Å². The lowest BCUT2D eigenvalue weighted by atomic mass is 10.0. The molecule has 0 amide bonds. The van der Waals surface area contributed by atoms with Gasteiger partial charge in [-0.2, -0.15) is 5.26 Å². The Morgan fingerprint density at radius 1 is 0.920 bits per heavy atom. The Morgan fingerprint density at radius 2 is 1.52 bits per heavy atom. The number of rotatable bonds is 6. The van der Waals surface area contributed by atoms with Gasteiger partial charge in [0.25, 0.3) is 0 Å². The Hall–Kier alpha value is -2.61. The molecule has 0 fully saturated rings. The number of halogens is 4. The van der Waals surface area contributed by atoms with Crippen LogP contribution in [0, 0.1) is 34.6 Å². The molecule has 0 aliphatic carbocycles. The third-order valence-electron chi connectivity index (χ3n) is 3.81. The average molecular weight is 347 g/mol.